The lowest BCUT2D eigenvalue weighted by Gasteiger charge is -2.16. The minimum atomic E-state index is -0.0572. The molecule has 0 bridgehead atoms. The molecule has 1 atom stereocenters. The molecule has 0 fully saturated rings. The summed E-state index contributed by atoms with van der Waals surface area (Å²) in [4.78, 5) is 17.6. The molecule has 3 aromatic heterocycles. The molecule has 122 valence electrons. The number of nitrogens with one attached hydrogen (secondary N) is 1. The van der Waals surface area contributed by atoms with Crippen LogP contribution in [0.4, 0.5) is 5.82 Å². The van der Waals surface area contributed by atoms with Crippen molar-refractivity contribution in [1.82, 2.24) is 19.9 Å². The topological polar surface area (TPSA) is 83.8 Å². The number of hydrogen-bond donors (Lipinski definition) is 2. The van der Waals surface area contributed by atoms with Gasteiger partial charge in [0, 0.05) is 30.2 Å². The molecule has 0 aliphatic carbocycles. The second-order valence-corrected chi connectivity index (χ2v) is 5.35. The van der Waals surface area contributed by atoms with Gasteiger partial charge in [0.05, 0.1) is 18.3 Å². The van der Waals surface area contributed by atoms with Gasteiger partial charge in [-0.3, -0.25) is 9.97 Å². The lowest BCUT2D eigenvalue weighted by Crippen LogP contribution is -2.23. The Morgan fingerprint density at radius 2 is 2.00 bits per heavy atom. The summed E-state index contributed by atoms with van der Waals surface area (Å²) in [5.41, 5.74) is 2.36. The van der Waals surface area contributed by atoms with Crippen molar-refractivity contribution in [3.05, 3.63) is 55.0 Å². The van der Waals surface area contributed by atoms with E-state index < -0.39 is 0 Å². The van der Waals surface area contributed by atoms with E-state index in [1.54, 1.807) is 18.6 Å². The van der Waals surface area contributed by atoms with Gasteiger partial charge in [-0.05, 0) is 30.7 Å². The van der Waals surface area contributed by atoms with Gasteiger partial charge in [0.15, 0.2) is 5.82 Å². The fraction of sp³-hybridized carbons (Fsp3) is 0.222. The maximum atomic E-state index is 9.43. The monoisotopic (exact) mass is 321 g/mol. The molecule has 24 heavy (non-hydrogen) atoms. The molecular weight excluding hydrogens is 302 g/mol. The number of anilines is 1. The predicted octanol–water partition coefficient (Wildman–Crippen LogP) is 2.78. The molecule has 2 N–H and O–H groups in total. The van der Waals surface area contributed by atoms with E-state index >= 15 is 0 Å². The van der Waals surface area contributed by atoms with Crippen molar-refractivity contribution < 1.29 is 5.11 Å². The molecule has 0 amide bonds. The number of aliphatic hydroxyl groups is 1. The number of hydrogen-bond acceptors (Lipinski definition) is 6. The highest BCUT2D eigenvalue weighted by Gasteiger charge is 2.12. The van der Waals surface area contributed by atoms with Crippen molar-refractivity contribution in [3.8, 4) is 22.8 Å². The van der Waals surface area contributed by atoms with Crippen molar-refractivity contribution in [2.24, 2.45) is 0 Å². The van der Waals surface area contributed by atoms with E-state index in [9.17, 15) is 5.11 Å². The van der Waals surface area contributed by atoms with Gasteiger partial charge in [0.25, 0.3) is 0 Å². The molecule has 1 unspecified atom stereocenters. The number of pyridine rings is 2. The summed E-state index contributed by atoms with van der Waals surface area (Å²) in [5.74, 6) is 1.19. The standard InChI is InChI=1S/C18H19N5O/c1-2-14(12-24)21-17-10-16(13-6-5-8-19-11-13)22-18(23-17)15-7-3-4-9-20-15/h3-11,14,24H,2,12H2,1H3,(H,21,22,23). The Bertz CT molecular complexity index is 718. The van der Waals surface area contributed by atoms with Crippen LogP contribution in [-0.4, -0.2) is 37.7 Å². The van der Waals surface area contributed by atoms with E-state index in [-0.39, 0.29) is 12.6 Å². The molecule has 0 saturated heterocycles. The maximum Gasteiger partial charge on any atom is 0.180 e. The summed E-state index contributed by atoms with van der Waals surface area (Å²) in [5, 5.41) is 12.7. The third kappa shape index (κ3) is 3.72. The van der Waals surface area contributed by atoms with Gasteiger partial charge < -0.3 is 10.4 Å². The first-order valence-electron chi connectivity index (χ1n) is 7.88. The molecule has 0 aromatic carbocycles. The molecule has 0 aliphatic rings. The summed E-state index contributed by atoms with van der Waals surface area (Å²) >= 11 is 0. The molecule has 3 rings (SSSR count). The Morgan fingerprint density at radius 3 is 2.67 bits per heavy atom. The van der Waals surface area contributed by atoms with Crippen LogP contribution in [0, 0.1) is 0 Å². The number of aliphatic hydroxyl groups excluding tert-OH is 1. The van der Waals surface area contributed by atoms with Crippen LogP contribution < -0.4 is 5.32 Å². The molecule has 3 aromatic rings. The van der Waals surface area contributed by atoms with E-state index in [0.717, 1.165) is 17.7 Å². The SMILES string of the molecule is CCC(CO)Nc1cc(-c2cccnc2)nc(-c2ccccn2)n1. The summed E-state index contributed by atoms with van der Waals surface area (Å²) < 4.78 is 0. The highest BCUT2D eigenvalue weighted by molar-refractivity contribution is 5.65. The minimum Gasteiger partial charge on any atom is -0.394 e. The van der Waals surface area contributed by atoms with Crippen LogP contribution in [0.2, 0.25) is 0 Å². The lowest BCUT2D eigenvalue weighted by molar-refractivity contribution is 0.271. The summed E-state index contributed by atoms with van der Waals surface area (Å²) in [6.45, 7) is 2.05. The lowest BCUT2D eigenvalue weighted by atomic mass is 10.2. The van der Waals surface area contributed by atoms with Crippen LogP contribution in [-0.2, 0) is 0 Å². The Labute approximate surface area is 140 Å². The van der Waals surface area contributed by atoms with Crippen LogP contribution in [0.3, 0.4) is 0 Å². The van der Waals surface area contributed by atoms with Gasteiger partial charge in [0.2, 0.25) is 0 Å². The van der Waals surface area contributed by atoms with Crippen molar-refractivity contribution >= 4 is 5.82 Å². The summed E-state index contributed by atoms with van der Waals surface area (Å²) in [7, 11) is 0. The minimum absolute atomic E-state index is 0.0433. The zero-order chi connectivity index (χ0) is 16.8. The molecule has 0 saturated carbocycles. The molecule has 3 heterocycles. The summed E-state index contributed by atoms with van der Waals surface area (Å²) in [6, 6.07) is 11.2. The number of nitrogens with zero attached hydrogens (tertiary/aromatic N) is 4. The molecule has 6 nitrogen and oxygen atoms in total. The van der Waals surface area contributed by atoms with Gasteiger partial charge in [-0.15, -0.1) is 0 Å². The first-order chi connectivity index (χ1) is 11.8. The number of aromatic nitrogens is 4. The van der Waals surface area contributed by atoms with Crippen molar-refractivity contribution in [2.75, 3.05) is 11.9 Å². The largest absolute Gasteiger partial charge is 0.394 e. The highest BCUT2D eigenvalue weighted by Crippen LogP contribution is 2.23. The fourth-order valence-electron chi connectivity index (χ4n) is 2.28. The van der Waals surface area contributed by atoms with Crippen molar-refractivity contribution in [2.45, 2.75) is 19.4 Å². The Balaban J connectivity index is 2.05. The average molecular weight is 321 g/mol. The van der Waals surface area contributed by atoms with Gasteiger partial charge in [0.1, 0.15) is 11.5 Å². The van der Waals surface area contributed by atoms with Gasteiger partial charge in [-0.1, -0.05) is 13.0 Å². The Hall–Kier alpha value is -2.86. The normalized spacial score (nSPS) is 11.9. The Kier molecular flexibility index (Phi) is 5.08. The highest BCUT2D eigenvalue weighted by atomic mass is 16.3. The van der Waals surface area contributed by atoms with Crippen LogP contribution >= 0.6 is 0 Å². The molecular formula is C18H19N5O. The third-order valence-electron chi connectivity index (χ3n) is 3.64. The van der Waals surface area contributed by atoms with Crippen LogP contribution in [0.15, 0.2) is 55.0 Å². The van der Waals surface area contributed by atoms with Gasteiger partial charge in [-0.2, -0.15) is 0 Å². The predicted molar refractivity (Wildman–Crippen MR) is 93.3 cm³/mol. The zero-order valence-electron chi connectivity index (χ0n) is 13.4. The second kappa shape index (κ2) is 7.61. The van der Waals surface area contributed by atoms with E-state index in [1.807, 2.05) is 43.3 Å². The third-order valence-corrected chi connectivity index (χ3v) is 3.64. The van der Waals surface area contributed by atoms with E-state index in [4.69, 9.17) is 0 Å². The smallest absolute Gasteiger partial charge is 0.180 e. The van der Waals surface area contributed by atoms with Crippen LogP contribution in [0.25, 0.3) is 22.8 Å². The van der Waals surface area contributed by atoms with E-state index in [0.29, 0.717) is 17.3 Å². The molecule has 0 spiro atoms. The van der Waals surface area contributed by atoms with Crippen molar-refractivity contribution in [1.29, 1.82) is 0 Å². The average Bonchev–Trinajstić information content (AvgIpc) is 2.67. The molecule has 6 heteroatoms. The second-order valence-electron chi connectivity index (χ2n) is 5.35. The van der Waals surface area contributed by atoms with Crippen molar-refractivity contribution in [3.63, 3.8) is 0 Å². The van der Waals surface area contributed by atoms with E-state index in [1.165, 1.54) is 0 Å². The van der Waals surface area contributed by atoms with Crippen LogP contribution in [0.1, 0.15) is 13.3 Å². The van der Waals surface area contributed by atoms with Gasteiger partial charge in [-0.25, -0.2) is 9.97 Å². The first kappa shape index (κ1) is 16.0. The molecule has 0 radical (unpaired) electrons. The maximum absolute atomic E-state index is 9.43. The quantitative estimate of drug-likeness (QED) is 0.726. The first-order valence-corrected chi connectivity index (χ1v) is 7.88. The fourth-order valence-corrected chi connectivity index (χ4v) is 2.28. The number of rotatable bonds is 6. The molecule has 0 aliphatic heterocycles. The van der Waals surface area contributed by atoms with E-state index in [2.05, 4.69) is 25.3 Å². The Morgan fingerprint density at radius 1 is 1.08 bits per heavy atom. The van der Waals surface area contributed by atoms with Gasteiger partial charge >= 0.3 is 0 Å². The zero-order valence-corrected chi connectivity index (χ0v) is 13.4. The van der Waals surface area contributed by atoms with Crippen LogP contribution in [0.5, 0.6) is 0 Å². The summed E-state index contributed by atoms with van der Waals surface area (Å²) in [6.07, 6.45) is 5.99.